The van der Waals surface area contributed by atoms with Gasteiger partial charge in [-0.15, -0.1) is 0 Å². The molecule has 0 heterocycles. The van der Waals surface area contributed by atoms with Crippen LogP contribution in [0.4, 0.5) is 0 Å². The maximum Gasteiger partial charge on any atom is 1.00 e. The zero-order valence-corrected chi connectivity index (χ0v) is 5.46. The van der Waals surface area contributed by atoms with Crippen LogP contribution in [0.1, 0.15) is 14.3 Å². The summed E-state index contributed by atoms with van der Waals surface area (Å²) >= 11 is 0. The minimum atomic E-state index is 0. The fourth-order valence-corrected chi connectivity index (χ4v) is 0.620. The molecule has 44 valence electrons. The predicted octanol–water partition coefficient (Wildman–Crippen LogP) is -1.52. The van der Waals surface area contributed by atoms with Crippen LogP contribution >= 0.6 is 0 Å². The number of allylic oxidation sites excluding steroid dienone is 1. The Bertz CT molecular complexity index is 160. The van der Waals surface area contributed by atoms with Crippen LogP contribution in [0.25, 0.3) is 0 Å². The molecular weight excluding hydrogens is 109 g/mol. The number of aliphatic hydroxyl groups excluding tert-OH is 1. The first-order valence-corrected chi connectivity index (χ1v) is 2.63. The van der Waals surface area contributed by atoms with Gasteiger partial charge in [-0.05, 0) is 18.8 Å². The van der Waals surface area contributed by atoms with Gasteiger partial charge in [0.05, 0.1) is 17.9 Å². The van der Waals surface area contributed by atoms with Crippen LogP contribution in [-0.4, -0.2) is 5.11 Å². The van der Waals surface area contributed by atoms with Crippen LogP contribution in [0, 0.1) is 17.2 Å². The van der Waals surface area contributed by atoms with Crippen molar-refractivity contribution in [3.63, 3.8) is 0 Å². The van der Waals surface area contributed by atoms with Crippen LogP contribution in [0.3, 0.4) is 0 Å². The Balaban J connectivity index is 0. The number of aliphatic hydroxyl groups is 1. The fraction of sp³-hybridized carbons (Fsp3) is 0.500. The molecule has 0 bridgehead atoms. The van der Waals surface area contributed by atoms with E-state index in [0.717, 1.165) is 19.1 Å². The molecule has 1 rings (SSSR count). The smallest absolute Gasteiger partial charge is 1.00 e. The van der Waals surface area contributed by atoms with Crippen molar-refractivity contribution in [2.75, 3.05) is 0 Å². The molecule has 0 aliphatic heterocycles. The van der Waals surface area contributed by atoms with Crippen molar-refractivity contribution in [1.82, 2.24) is 0 Å². The molecule has 0 spiro atoms. The zero-order valence-electron chi connectivity index (χ0n) is 6.46. The van der Waals surface area contributed by atoms with Crippen LogP contribution in [0.15, 0.2) is 11.8 Å². The van der Waals surface area contributed by atoms with Gasteiger partial charge in [-0.2, -0.15) is 5.26 Å². The van der Waals surface area contributed by atoms with Crippen molar-refractivity contribution in [3.8, 4) is 6.07 Å². The van der Waals surface area contributed by atoms with Gasteiger partial charge in [-0.3, -0.25) is 0 Å². The van der Waals surface area contributed by atoms with E-state index in [1.807, 2.05) is 6.07 Å². The minimum Gasteiger partial charge on any atom is -1.00 e. The van der Waals surface area contributed by atoms with Crippen molar-refractivity contribution < 1.29 is 25.4 Å². The van der Waals surface area contributed by atoms with Gasteiger partial charge in [-0.25, -0.2) is 0 Å². The normalized spacial score (nSPS) is 17.9. The molecule has 1 saturated carbocycles. The van der Waals surface area contributed by atoms with Gasteiger partial charge in [-0.1, -0.05) is 0 Å². The van der Waals surface area contributed by atoms with Crippen LogP contribution in [0.5, 0.6) is 0 Å². The van der Waals surface area contributed by atoms with E-state index in [9.17, 15) is 0 Å². The summed E-state index contributed by atoms with van der Waals surface area (Å²) in [4.78, 5) is 0. The molecule has 0 unspecified atom stereocenters. The number of rotatable bonds is 1. The van der Waals surface area contributed by atoms with Crippen molar-refractivity contribution in [2.45, 2.75) is 12.8 Å². The van der Waals surface area contributed by atoms with Gasteiger partial charge in [0.1, 0.15) is 0 Å². The topological polar surface area (TPSA) is 44.0 Å². The summed E-state index contributed by atoms with van der Waals surface area (Å²) in [5.74, 6) is 0.380. The molecule has 0 radical (unpaired) electrons. The predicted molar refractivity (Wildman–Crippen MR) is 30.2 cm³/mol. The summed E-state index contributed by atoms with van der Waals surface area (Å²) in [6.07, 6.45) is 3.05. The first kappa shape index (κ1) is 8.63. The third-order valence-corrected chi connectivity index (χ3v) is 1.29. The third-order valence-electron chi connectivity index (χ3n) is 1.29. The number of hydrogen-bond acceptors (Lipinski definition) is 2. The average Bonchev–Trinajstić information content (AvgIpc) is 2.53. The van der Waals surface area contributed by atoms with Gasteiger partial charge >= 0.3 is 18.9 Å². The second kappa shape index (κ2) is 3.61. The molecule has 0 aromatic heterocycles. The van der Waals surface area contributed by atoms with Crippen LogP contribution in [0.2, 0.25) is 0 Å². The summed E-state index contributed by atoms with van der Waals surface area (Å²) in [6, 6.07) is 1.92. The molecule has 1 aliphatic carbocycles. The van der Waals surface area contributed by atoms with Gasteiger partial charge in [0.2, 0.25) is 0 Å². The van der Waals surface area contributed by atoms with Crippen molar-refractivity contribution in [2.24, 2.45) is 5.92 Å². The van der Waals surface area contributed by atoms with E-state index in [-0.39, 0.29) is 20.3 Å². The first-order valence-electron chi connectivity index (χ1n) is 2.63. The van der Waals surface area contributed by atoms with Crippen molar-refractivity contribution in [1.29, 1.82) is 5.26 Å². The summed E-state index contributed by atoms with van der Waals surface area (Å²) in [5.41, 5.74) is 0.532. The molecule has 2 nitrogen and oxygen atoms in total. The van der Waals surface area contributed by atoms with Crippen LogP contribution < -0.4 is 18.9 Å². The van der Waals surface area contributed by atoms with Crippen molar-refractivity contribution in [3.05, 3.63) is 11.8 Å². The molecule has 9 heavy (non-hydrogen) atoms. The monoisotopic (exact) mass is 117 g/mol. The summed E-state index contributed by atoms with van der Waals surface area (Å²) < 4.78 is 0. The molecule has 1 aliphatic rings. The number of nitrogens with zero attached hydrogens (tertiary/aromatic N) is 1. The summed E-state index contributed by atoms with van der Waals surface area (Å²) in [5, 5.41) is 16.6. The van der Waals surface area contributed by atoms with E-state index < -0.39 is 0 Å². The van der Waals surface area contributed by atoms with Gasteiger partial charge in [0.25, 0.3) is 0 Å². The molecular formula is C6H8LiNO. The maximum absolute atomic E-state index is 8.35. The molecule has 0 saturated heterocycles. The van der Waals surface area contributed by atoms with E-state index in [1.165, 1.54) is 0 Å². The molecule has 1 N–H and O–H groups in total. The van der Waals surface area contributed by atoms with Gasteiger partial charge in [0, 0.05) is 0 Å². The van der Waals surface area contributed by atoms with E-state index in [1.54, 1.807) is 0 Å². The Morgan fingerprint density at radius 1 is 1.78 bits per heavy atom. The third kappa shape index (κ3) is 2.14. The average molecular weight is 117 g/mol. The SMILES string of the molecule is N#C/C(=C\O)C1CC1.[H-].[Li+]. The summed E-state index contributed by atoms with van der Waals surface area (Å²) in [6.45, 7) is 0. The Hall–Kier alpha value is -0.373. The Morgan fingerprint density at radius 2 is 2.33 bits per heavy atom. The largest absolute Gasteiger partial charge is 1.00 e. The standard InChI is InChI=1S/C6H7NO.Li.H/c7-3-6(4-8)5-1-2-5;;/h4-5,8H,1-2H2;;/q;+1;-1/b6-4+;;. The molecule has 3 heteroatoms. The molecule has 0 aromatic carbocycles. The first-order chi connectivity index (χ1) is 3.88. The van der Waals surface area contributed by atoms with E-state index in [2.05, 4.69) is 0 Å². The second-order valence-electron chi connectivity index (χ2n) is 1.97. The van der Waals surface area contributed by atoms with Crippen LogP contribution in [-0.2, 0) is 0 Å². The number of hydrogen-bond donors (Lipinski definition) is 1. The van der Waals surface area contributed by atoms with Gasteiger partial charge < -0.3 is 6.53 Å². The molecule has 0 aromatic rings. The molecule has 0 atom stereocenters. The molecule has 1 fully saturated rings. The minimum absolute atomic E-state index is 0. The Labute approximate surface area is 67.8 Å². The fourth-order valence-electron chi connectivity index (χ4n) is 0.620. The quantitative estimate of drug-likeness (QED) is 0.257. The zero-order chi connectivity index (χ0) is 5.98. The van der Waals surface area contributed by atoms with E-state index >= 15 is 0 Å². The van der Waals surface area contributed by atoms with Gasteiger partial charge in [0.15, 0.2) is 0 Å². The second-order valence-corrected chi connectivity index (χ2v) is 1.97. The Morgan fingerprint density at radius 3 is 2.44 bits per heavy atom. The summed E-state index contributed by atoms with van der Waals surface area (Å²) in [7, 11) is 0. The molecule has 0 amide bonds. The Kier molecular flexibility index (Phi) is 3.46. The number of nitriles is 1. The van der Waals surface area contributed by atoms with E-state index in [4.69, 9.17) is 10.4 Å². The van der Waals surface area contributed by atoms with E-state index in [0.29, 0.717) is 11.5 Å². The van der Waals surface area contributed by atoms with Crippen molar-refractivity contribution >= 4 is 0 Å². The maximum atomic E-state index is 8.35.